The predicted octanol–water partition coefficient (Wildman–Crippen LogP) is 12.7. The summed E-state index contributed by atoms with van der Waals surface area (Å²) < 4.78 is 141. The van der Waals surface area contributed by atoms with Crippen LogP contribution in [-0.4, -0.2) is 0 Å². The van der Waals surface area contributed by atoms with E-state index in [0.717, 1.165) is 10.8 Å². The molecule has 8 aromatic carbocycles. The van der Waals surface area contributed by atoms with Crippen LogP contribution in [0.25, 0.3) is 65.7 Å². The predicted molar refractivity (Wildman–Crippen MR) is 194 cm³/mol. The van der Waals surface area contributed by atoms with Gasteiger partial charge in [0.05, 0.1) is 37.3 Å². The standard InChI is InChI=1S/C44H29NO/c1-2-12-32(13-3-1)37-16-8-9-18-40(37)45(36-26-23-31(24-27-36)35-22-21-30-11-4-5-15-34(30)29-35)41-19-10-20-42-43(41)39-28-25-33-14-6-7-17-38(33)44(39)46-42/h1-29H/i4D,5D,8D,9D,11D,15D,16D,18D,21D,22D,23D,24D,26D,27D,29D. The minimum Gasteiger partial charge on any atom is -0.455 e. The van der Waals surface area contributed by atoms with Gasteiger partial charge in [0.25, 0.3) is 0 Å². The van der Waals surface area contributed by atoms with E-state index in [-0.39, 0.29) is 16.9 Å². The highest BCUT2D eigenvalue weighted by Crippen LogP contribution is 2.46. The number of para-hydroxylation sites is 1. The van der Waals surface area contributed by atoms with E-state index in [4.69, 9.17) is 16.8 Å². The SMILES string of the molecule is [2H]c1c([2H])c([2H])c(N(c2c([2H])c([2H])c(-c3c([2H])c([2H])c4c([2H])c([2H])c([2H])c([2H])c4c3[2H])c([2H])c2[2H])c2cccc3oc4c5ccccc5ccc4c23)c(-c2ccccc2)c1[2H]. The molecule has 0 amide bonds. The summed E-state index contributed by atoms with van der Waals surface area (Å²) in [5.74, 6) is 0. The lowest BCUT2D eigenvalue weighted by atomic mass is 9.99. The van der Waals surface area contributed by atoms with Gasteiger partial charge in [-0.05, 0) is 75.2 Å². The van der Waals surface area contributed by atoms with Crippen molar-refractivity contribution < 1.29 is 25.0 Å². The molecule has 0 unspecified atom stereocenters. The van der Waals surface area contributed by atoms with Crippen molar-refractivity contribution in [1.29, 1.82) is 0 Å². The highest BCUT2D eigenvalue weighted by atomic mass is 16.3. The van der Waals surface area contributed by atoms with Gasteiger partial charge in [0, 0.05) is 22.0 Å². The first-order valence-corrected chi connectivity index (χ1v) is 14.5. The number of nitrogens with zero attached hydrogens (tertiary/aromatic N) is 1. The van der Waals surface area contributed by atoms with E-state index in [1.54, 1.807) is 48.5 Å². The molecule has 0 aliphatic carbocycles. The summed E-state index contributed by atoms with van der Waals surface area (Å²) >= 11 is 0. The molecule has 0 fully saturated rings. The lowest BCUT2D eigenvalue weighted by Crippen LogP contribution is -2.11. The number of hydrogen-bond acceptors (Lipinski definition) is 2. The van der Waals surface area contributed by atoms with Crippen LogP contribution in [0.15, 0.2) is 180 Å². The second-order valence-electron chi connectivity index (χ2n) is 10.6. The molecule has 46 heavy (non-hydrogen) atoms. The van der Waals surface area contributed by atoms with Crippen LogP contribution in [0.1, 0.15) is 20.6 Å². The molecule has 1 heterocycles. The number of rotatable bonds is 5. The molecule has 2 nitrogen and oxygen atoms in total. The van der Waals surface area contributed by atoms with Crippen molar-refractivity contribution >= 4 is 60.5 Å². The summed E-state index contributed by atoms with van der Waals surface area (Å²) in [6, 6.07) is 14.6. The van der Waals surface area contributed by atoms with E-state index in [9.17, 15) is 8.22 Å². The summed E-state index contributed by atoms with van der Waals surface area (Å²) in [7, 11) is 0. The maximum absolute atomic E-state index is 9.65. The van der Waals surface area contributed by atoms with Gasteiger partial charge >= 0.3 is 0 Å². The molecule has 0 bridgehead atoms. The van der Waals surface area contributed by atoms with Gasteiger partial charge in [0.1, 0.15) is 11.2 Å². The molecule has 9 aromatic rings. The maximum Gasteiger partial charge on any atom is 0.143 e. The highest BCUT2D eigenvalue weighted by molar-refractivity contribution is 6.19. The van der Waals surface area contributed by atoms with Gasteiger partial charge in [-0.15, -0.1) is 0 Å². The zero-order valence-electron chi connectivity index (χ0n) is 38.9. The molecule has 0 spiro atoms. The summed E-state index contributed by atoms with van der Waals surface area (Å²) in [5, 5.41) is 1.85. The molecule has 0 saturated carbocycles. The molecular weight excluding hydrogens is 558 g/mol. The molecule has 0 aliphatic rings. The van der Waals surface area contributed by atoms with Crippen LogP contribution in [0.2, 0.25) is 0 Å². The number of hydrogen-bond donors (Lipinski definition) is 0. The number of fused-ring (bicyclic) bond motifs is 6. The van der Waals surface area contributed by atoms with Gasteiger partial charge in [0.2, 0.25) is 0 Å². The Morgan fingerprint density at radius 1 is 0.478 bits per heavy atom. The van der Waals surface area contributed by atoms with E-state index in [1.165, 1.54) is 4.90 Å². The molecule has 0 aliphatic heterocycles. The second-order valence-corrected chi connectivity index (χ2v) is 10.6. The third-order valence-corrected chi connectivity index (χ3v) is 7.90. The van der Waals surface area contributed by atoms with Crippen LogP contribution < -0.4 is 4.90 Å². The van der Waals surface area contributed by atoms with E-state index in [0.29, 0.717) is 27.5 Å². The maximum atomic E-state index is 9.65. The lowest BCUT2D eigenvalue weighted by Gasteiger charge is -2.28. The number of anilines is 3. The van der Waals surface area contributed by atoms with Gasteiger partial charge in [-0.3, -0.25) is 0 Å². The number of furan rings is 1. The Balaban J connectivity index is 1.45. The van der Waals surface area contributed by atoms with E-state index in [2.05, 4.69) is 0 Å². The Kier molecular flexibility index (Phi) is 3.58. The lowest BCUT2D eigenvalue weighted by molar-refractivity contribution is 0.672. The molecule has 0 saturated heterocycles. The molecular formula is C44H29NO. The van der Waals surface area contributed by atoms with Crippen molar-refractivity contribution in [2.45, 2.75) is 0 Å². The van der Waals surface area contributed by atoms with Gasteiger partial charge in [0.15, 0.2) is 0 Å². The van der Waals surface area contributed by atoms with Crippen LogP contribution >= 0.6 is 0 Å². The highest BCUT2D eigenvalue weighted by Gasteiger charge is 2.22. The van der Waals surface area contributed by atoms with E-state index in [1.807, 2.05) is 36.4 Å². The Hall–Kier alpha value is -6.12. The van der Waals surface area contributed by atoms with Crippen LogP contribution in [0.3, 0.4) is 0 Å². The monoisotopic (exact) mass is 602 g/mol. The summed E-state index contributed by atoms with van der Waals surface area (Å²) in [6.07, 6.45) is 0. The van der Waals surface area contributed by atoms with Gasteiger partial charge < -0.3 is 9.32 Å². The third kappa shape index (κ3) is 4.35. The Morgan fingerprint density at radius 3 is 2.13 bits per heavy atom. The van der Waals surface area contributed by atoms with Crippen molar-refractivity contribution in [3.05, 3.63) is 176 Å². The van der Waals surface area contributed by atoms with Crippen molar-refractivity contribution in [3.63, 3.8) is 0 Å². The molecule has 0 N–H and O–H groups in total. The average Bonchev–Trinajstić information content (AvgIpc) is 3.66. The normalized spacial score (nSPS) is 16.0. The van der Waals surface area contributed by atoms with Gasteiger partial charge in [-0.1, -0.05) is 133 Å². The zero-order valence-corrected chi connectivity index (χ0v) is 23.9. The molecule has 216 valence electrons. The average molecular weight is 603 g/mol. The summed E-state index contributed by atoms with van der Waals surface area (Å²) in [6.45, 7) is 0. The molecule has 9 rings (SSSR count). The second kappa shape index (κ2) is 10.8. The fraction of sp³-hybridized carbons (Fsp3) is 0. The first-order valence-electron chi connectivity index (χ1n) is 22.0. The van der Waals surface area contributed by atoms with Crippen molar-refractivity contribution in [2.75, 3.05) is 4.90 Å². The first-order chi connectivity index (χ1) is 29.1. The first kappa shape index (κ1) is 15.2. The van der Waals surface area contributed by atoms with Crippen molar-refractivity contribution in [2.24, 2.45) is 0 Å². The molecule has 2 heteroatoms. The van der Waals surface area contributed by atoms with E-state index < -0.39 is 118 Å². The van der Waals surface area contributed by atoms with Crippen LogP contribution in [0, 0.1) is 0 Å². The Morgan fingerprint density at radius 2 is 1.24 bits per heavy atom. The fourth-order valence-electron chi connectivity index (χ4n) is 5.81. The Labute approximate surface area is 288 Å². The largest absolute Gasteiger partial charge is 0.455 e. The van der Waals surface area contributed by atoms with Crippen LogP contribution in [0.5, 0.6) is 0 Å². The topological polar surface area (TPSA) is 16.4 Å². The van der Waals surface area contributed by atoms with Gasteiger partial charge in [-0.25, -0.2) is 0 Å². The minimum atomic E-state index is -0.778. The fourth-order valence-corrected chi connectivity index (χ4v) is 5.81. The zero-order chi connectivity index (χ0) is 43.5. The van der Waals surface area contributed by atoms with Crippen molar-refractivity contribution in [1.82, 2.24) is 0 Å². The van der Waals surface area contributed by atoms with Crippen LogP contribution in [0.4, 0.5) is 17.1 Å². The van der Waals surface area contributed by atoms with Crippen molar-refractivity contribution in [3.8, 4) is 22.3 Å². The third-order valence-electron chi connectivity index (χ3n) is 7.90. The molecule has 0 atom stereocenters. The summed E-state index contributed by atoms with van der Waals surface area (Å²) in [5.41, 5.74) is -0.400. The minimum absolute atomic E-state index is 0.00723. The molecule has 1 aromatic heterocycles. The Bertz CT molecular complexity index is 3360. The number of benzene rings is 8. The molecule has 0 radical (unpaired) electrons. The quantitative estimate of drug-likeness (QED) is 0.195. The van der Waals surface area contributed by atoms with E-state index >= 15 is 0 Å². The smallest absolute Gasteiger partial charge is 0.143 e. The summed E-state index contributed by atoms with van der Waals surface area (Å²) in [4.78, 5) is 1.27. The van der Waals surface area contributed by atoms with Crippen LogP contribution in [-0.2, 0) is 0 Å². The van der Waals surface area contributed by atoms with Gasteiger partial charge in [-0.2, -0.15) is 0 Å².